The molecule has 0 amide bonds. The minimum Gasteiger partial charge on any atom is -0.366 e. The first-order valence-electron chi connectivity index (χ1n) is 37.8. The van der Waals surface area contributed by atoms with E-state index in [0.29, 0.717) is 0 Å². The van der Waals surface area contributed by atoms with Gasteiger partial charge in [-0.2, -0.15) is 0 Å². The summed E-state index contributed by atoms with van der Waals surface area (Å²) in [6.45, 7) is 0. The monoisotopic (exact) mass is 2290 g/mol. The van der Waals surface area contributed by atoms with Gasteiger partial charge in [-0.3, -0.25) is 23.7 Å². The molecule has 0 aliphatic heterocycles. The molecule has 2 aliphatic carbocycles. The van der Waals surface area contributed by atoms with E-state index >= 15 is 0 Å². The molecule has 0 nitrogen and oxygen atoms in total. The molecule has 0 bridgehead atoms. The van der Waals surface area contributed by atoms with Crippen LogP contribution in [0.4, 0.5) is 0 Å². The quantitative estimate of drug-likeness (QED) is 0.0391. The maximum atomic E-state index is 7.60. The summed E-state index contributed by atoms with van der Waals surface area (Å²) < 4.78 is 0. The van der Waals surface area contributed by atoms with Gasteiger partial charge >= 0.3 is 89.5 Å². The smallest absolute Gasteiger partial charge is 0.366 e. The first-order valence-corrected chi connectivity index (χ1v) is 44.6. The maximum absolute atomic E-state index is 7.60. The molecular weight excluding hydrogens is 2210 g/mol. The third-order valence-electron chi connectivity index (χ3n) is 21.4. The molecule has 0 saturated heterocycles. The van der Waals surface area contributed by atoms with E-state index < -0.39 is 42.5 Å². The molecule has 0 saturated carbocycles. The number of rotatable bonds is 16. The number of hydrogen-bond donors (Lipinski definition) is 0. The van der Waals surface area contributed by atoms with Crippen molar-refractivity contribution in [1.29, 1.82) is 0 Å². The van der Waals surface area contributed by atoms with Crippen molar-refractivity contribution in [2.45, 2.75) is 10.8 Å². The molecule has 0 unspecified atom stereocenters. The van der Waals surface area contributed by atoms with Gasteiger partial charge in [0.2, 0.25) is 0 Å². The van der Waals surface area contributed by atoms with Crippen LogP contribution in [0.15, 0.2) is 437 Å². The third kappa shape index (κ3) is 19.0. The van der Waals surface area contributed by atoms with Crippen molar-refractivity contribution < 1.29 is 89.5 Å². The van der Waals surface area contributed by atoms with E-state index in [4.69, 9.17) is 25.7 Å². The standard InChI is InChI=1S/2C29H16.2C25H22P2.4Au/c2*1-3-21-15-17-27-25(19-21)26-20-22(4-2)16-18-28(26)29(27,23-11-7-5-8-12-23)24-13-9-6-10-14-24;2*1-5-13-22(14-6-1)26(23-15-7-2-8-16-23)21-27(24-17-9-3-10-18-24)25-19-11-4-12-20-25;;;;/h2*5-20H;2*1-20H,21H2;;;;/q2*-2;;;4*+1/p+4. The molecule has 2 aliphatic rings. The summed E-state index contributed by atoms with van der Waals surface area (Å²) in [7, 11) is -3.39. The fraction of sp³-hybridized carbons (Fsp3) is 0.0370. The Kier molecular flexibility index (Phi) is 32.0. The van der Waals surface area contributed by atoms with Gasteiger partial charge in [0, 0.05) is 0 Å². The van der Waals surface area contributed by atoms with Crippen molar-refractivity contribution >= 4 is 74.1 Å². The van der Waals surface area contributed by atoms with Gasteiger partial charge < -0.3 is 25.7 Å². The Morgan fingerprint density at radius 2 is 0.319 bits per heavy atom. The zero-order chi connectivity index (χ0) is 76.3. The molecule has 0 N–H and O–H groups in total. The van der Waals surface area contributed by atoms with Crippen molar-refractivity contribution in [3.63, 3.8) is 0 Å². The van der Waals surface area contributed by atoms with Crippen LogP contribution in [-0.4, -0.2) is 11.8 Å². The predicted molar refractivity (Wildman–Crippen MR) is 484 cm³/mol. The van der Waals surface area contributed by atoms with E-state index in [2.05, 4.69) is 388 Å². The van der Waals surface area contributed by atoms with Crippen LogP contribution >= 0.6 is 31.7 Å². The molecule has 8 heteroatoms. The van der Waals surface area contributed by atoms with E-state index in [0.717, 1.165) is 44.5 Å². The first-order chi connectivity index (χ1) is 55.4. The summed E-state index contributed by atoms with van der Waals surface area (Å²) in [4.78, 5) is 0. The third-order valence-corrected chi connectivity index (χ3v) is 35.3. The van der Waals surface area contributed by atoms with Crippen LogP contribution in [0.25, 0.3) is 22.3 Å². The van der Waals surface area contributed by atoms with Crippen molar-refractivity contribution in [2.24, 2.45) is 0 Å². The van der Waals surface area contributed by atoms with Gasteiger partial charge in [0.1, 0.15) is 74.1 Å². The Morgan fingerprint density at radius 1 is 0.181 bits per heavy atom. The minimum absolute atomic E-state index is 0. The second kappa shape index (κ2) is 42.5. The fourth-order valence-electron chi connectivity index (χ4n) is 16.3. The van der Waals surface area contributed by atoms with E-state index in [-0.39, 0.29) is 89.5 Å². The van der Waals surface area contributed by atoms with E-state index in [9.17, 15) is 0 Å². The molecule has 572 valence electrons. The van der Waals surface area contributed by atoms with Crippen LogP contribution in [0, 0.1) is 49.4 Å². The van der Waals surface area contributed by atoms with Gasteiger partial charge in [-0.15, -0.1) is 70.8 Å². The molecule has 0 atom stereocenters. The molecule has 0 spiro atoms. The molecule has 116 heavy (non-hydrogen) atoms. The summed E-state index contributed by atoms with van der Waals surface area (Å²) in [5.41, 5.74) is 16.0. The summed E-state index contributed by atoms with van der Waals surface area (Å²) in [5.74, 6) is 12.6. The Balaban J connectivity index is 0.000000150. The molecule has 18 rings (SSSR count). The largest absolute Gasteiger partial charge is 1.00 e. The van der Waals surface area contributed by atoms with Crippen molar-refractivity contribution in [3.05, 3.63) is 529 Å². The normalized spacial score (nSPS) is 11.7. The summed E-state index contributed by atoms with van der Waals surface area (Å²) >= 11 is 0. The number of hydrogen-bond acceptors (Lipinski definition) is 0. The van der Waals surface area contributed by atoms with Gasteiger partial charge in [-0.1, -0.05) is 291 Å². The van der Waals surface area contributed by atoms with Gasteiger partial charge in [0.15, 0.2) is 11.8 Å². The topological polar surface area (TPSA) is 0 Å². The SMILES string of the molecule is [Au+].[Au+].[Au+].[Au+].[C-]#Cc1ccc2c(c1)-c1cc(C#[C-])ccc1C2(c1ccccc1)c1ccccc1.[C-]#Cc1ccc2c(c1)-c1cc(C#[C-])ccc1C2(c1ccccc1)c1ccccc1.c1ccc([PH+](C[PH+](c2ccccc2)c2ccccc2)c2ccccc2)cc1.c1ccc([PH+](C[PH+](c2ccccc2)c2ccccc2)c2ccccc2)cc1. The van der Waals surface area contributed by atoms with E-state index in [1.165, 1.54) is 98.7 Å². The van der Waals surface area contributed by atoms with Crippen LogP contribution in [0.2, 0.25) is 0 Å². The maximum Gasteiger partial charge on any atom is 1.00 e. The van der Waals surface area contributed by atoms with Gasteiger partial charge in [-0.25, -0.2) is 0 Å². The number of benzene rings is 16. The van der Waals surface area contributed by atoms with E-state index in [1.807, 2.05) is 72.8 Å². The average Bonchev–Trinajstić information content (AvgIpc) is 1.52. The van der Waals surface area contributed by atoms with Crippen molar-refractivity contribution in [2.75, 3.05) is 11.8 Å². The summed E-state index contributed by atoms with van der Waals surface area (Å²) in [6.07, 6.45) is 30.4. The Hall–Kier alpha value is -9.56. The van der Waals surface area contributed by atoms with Crippen molar-refractivity contribution in [1.82, 2.24) is 0 Å². The molecule has 0 fully saturated rings. The predicted octanol–water partition coefficient (Wildman–Crippen LogP) is 21.2. The molecule has 16 aromatic rings. The second-order valence-electron chi connectivity index (χ2n) is 27.7. The zero-order valence-corrected chi connectivity index (χ0v) is 75.9. The molecule has 0 radical (unpaired) electrons. The van der Waals surface area contributed by atoms with Crippen LogP contribution in [-0.2, 0) is 100 Å². The Bertz CT molecular complexity index is 5080. The first kappa shape index (κ1) is 87.3. The van der Waals surface area contributed by atoms with Crippen LogP contribution in [0.3, 0.4) is 0 Å². The minimum atomic E-state index is -0.847. The number of fused-ring (bicyclic) bond motifs is 6. The Morgan fingerprint density at radius 3 is 0.457 bits per heavy atom. The van der Waals surface area contributed by atoms with E-state index in [1.54, 1.807) is 0 Å². The van der Waals surface area contributed by atoms with Crippen LogP contribution in [0.5, 0.6) is 0 Å². The fourth-order valence-corrected chi connectivity index (χ4v) is 31.7. The van der Waals surface area contributed by atoms with Gasteiger partial charge in [0.05, 0.1) is 10.8 Å². The average molecular weight is 2290 g/mol. The zero-order valence-electron chi connectivity index (χ0n) is 63.2. The van der Waals surface area contributed by atoms with Gasteiger partial charge in [0.25, 0.3) is 0 Å². The Labute approximate surface area is 753 Å². The molecule has 16 aromatic carbocycles. The molecule has 0 heterocycles. The van der Waals surface area contributed by atoms with Crippen LogP contribution < -0.4 is 42.4 Å². The second-order valence-corrected chi connectivity index (χ2v) is 39.0. The van der Waals surface area contributed by atoms with Crippen LogP contribution in [0.1, 0.15) is 66.8 Å². The summed E-state index contributed by atoms with van der Waals surface area (Å²) in [6, 6.07) is 156. The van der Waals surface area contributed by atoms with Gasteiger partial charge in [-0.05, 0) is 164 Å². The molecule has 0 aromatic heterocycles. The summed E-state index contributed by atoms with van der Waals surface area (Å²) in [5, 5.41) is 12.0. The van der Waals surface area contributed by atoms with Crippen molar-refractivity contribution in [3.8, 4) is 45.9 Å². The molecular formula is C108H80Au4P4+4.